The number of hydrogen-bond donors (Lipinski definition) is 2. The highest BCUT2D eigenvalue weighted by Crippen LogP contribution is 2.29. The van der Waals surface area contributed by atoms with Crippen molar-refractivity contribution in [1.29, 1.82) is 0 Å². The van der Waals surface area contributed by atoms with Gasteiger partial charge in [0, 0.05) is 6.42 Å². The smallest absolute Gasteiger partial charge is 0.303 e. The number of carboxylic acid groups (broad SMARTS) is 1. The SMILES string of the molecule is CCCCCC(O)/C=C/C1OC1CCCCCCCC(=O)O. The van der Waals surface area contributed by atoms with Crippen LogP contribution in [0.3, 0.4) is 0 Å². The average molecular weight is 312 g/mol. The van der Waals surface area contributed by atoms with Gasteiger partial charge in [-0.3, -0.25) is 4.79 Å². The second-order valence-corrected chi connectivity index (χ2v) is 6.29. The van der Waals surface area contributed by atoms with Crippen molar-refractivity contribution in [2.24, 2.45) is 0 Å². The van der Waals surface area contributed by atoms with Crippen molar-refractivity contribution in [3.63, 3.8) is 0 Å². The van der Waals surface area contributed by atoms with Crippen molar-refractivity contribution < 1.29 is 19.7 Å². The van der Waals surface area contributed by atoms with E-state index in [2.05, 4.69) is 6.92 Å². The summed E-state index contributed by atoms with van der Waals surface area (Å²) in [6, 6.07) is 0. The molecule has 0 aromatic heterocycles. The lowest BCUT2D eigenvalue weighted by Gasteiger charge is -2.03. The van der Waals surface area contributed by atoms with Crippen molar-refractivity contribution in [3.05, 3.63) is 12.2 Å². The van der Waals surface area contributed by atoms with Crippen molar-refractivity contribution in [1.82, 2.24) is 0 Å². The number of unbranched alkanes of at least 4 members (excludes halogenated alkanes) is 6. The van der Waals surface area contributed by atoms with Crippen molar-refractivity contribution in [3.8, 4) is 0 Å². The van der Waals surface area contributed by atoms with Crippen molar-refractivity contribution >= 4 is 5.97 Å². The van der Waals surface area contributed by atoms with Gasteiger partial charge in [-0.25, -0.2) is 0 Å². The Hall–Kier alpha value is -0.870. The number of rotatable bonds is 14. The molecule has 4 nitrogen and oxygen atoms in total. The zero-order chi connectivity index (χ0) is 16.2. The van der Waals surface area contributed by atoms with Crippen molar-refractivity contribution in [2.45, 2.75) is 95.9 Å². The summed E-state index contributed by atoms with van der Waals surface area (Å²) in [5.74, 6) is -0.696. The maximum atomic E-state index is 10.4. The van der Waals surface area contributed by atoms with Crippen LogP contribution in [0.5, 0.6) is 0 Å². The van der Waals surface area contributed by atoms with Crippen LogP contribution in [0.15, 0.2) is 12.2 Å². The number of aliphatic hydroxyl groups excluding tert-OH is 1. The molecular formula is C18H32O4. The molecule has 3 unspecified atom stereocenters. The molecule has 3 atom stereocenters. The Balaban J connectivity index is 1.92. The van der Waals surface area contributed by atoms with E-state index in [1.165, 1.54) is 12.8 Å². The van der Waals surface area contributed by atoms with Gasteiger partial charge in [-0.15, -0.1) is 0 Å². The summed E-state index contributed by atoms with van der Waals surface area (Å²) >= 11 is 0. The first-order valence-corrected chi connectivity index (χ1v) is 8.87. The maximum absolute atomic E-state index is 10.4. The number of carboxylic acids is 1. The number of carbonyl (C=O) groups is 1. The number of epoxide rings is 1. The summed E-state index contributed by atoms with van der Waals surface area (Å²) in [5.41, 5.74) is 0. The van der Waals surface area contributed by atoms with E-state index < -0.39 is 5.97 Å². The van der Waals surface area contributed by atoms with E-state index in [0.717, 1.165) is 51.4 Å². The maximum Gasteiger partial charge on any atom is 0.303 e. The minimum atomic E-state index is -0.696. The van der Waals surface area contributed by atoms with Crippen LogP contribution in [0.2, 0.25) is 0 Å². The molecular weight excluding hydrogens is 280 g/mol. The monoisotopic (exact) mass is 312 g/mol. The van der Waals surface area contributed by atoms with Gasteiger partial charge in [0.05, 0.1) is 12.2 Å². The molecule has 0 bridgehead atoms. The summed E-state index contributed by atoms with van der Waals surface area (Å²) < 4.78 is 5.58. The number of aliphatic carboxylic acids is 1. The molecule has 0 radical (unpaired) electrons. The van der Waals surface area contributed by atoms with Crippen LogP contribution in [0.1, 0.15) is 77.6 Å². The number of ether oxygens (including phenoxy) is 1. The molecule has 0 aliphatic carbocycles. The number of aliphatic hydroxyl groups is 1. The Labute approximate surface area is 134 Å². The average Bonchev–Trinajstić information content (AvgIpc) is 3.22. The molecule has 22 heavy (non-hydrogen) atoms. The lowest BCUT2D eigenvalue weighted by molar-refractivity contribution is -0.137. The molecule has 1 saturated heterocycles. The topological polar surface area (TPSA) is 70.1 Å². The molecule has 0 spiro atoms. The van der Waals surface area contributed by atoms with Crippen LogP contribution >= 0.6 is 0 Å². The highest BCUT2D eigenvalue weighted by atomic mass is 16.6. The Morgan fingerprint density at radius 3 is 2.59 bits per heavy atom. The van der Waals surface area contributed by atoms with Gasteiger partial charge in [0.15, 0.2) is 0 Å². The minimum Gasteiger partial charge on any atom is -0.481 e. The molecule has 1 aliphatic rings. The number of hydrogen-bond acceptors (Lipinski definition) is 3. The predicted molar refractivity (Wildman–Crippen MR) is 87.9 cm³/mol. The lowest BCUT2D eigenvalue weighted by atomic mass is 10.1. The highest BCUT2D eigenvalue weighted by molar-refractivity contribution is 5.66. The van der Waals surface area contributed by atoms with Crippen LogP contribution in [0.4, 0.5) is 0 Å². The molecule has 0 saturated carbocycles. The third kappa shape index (κ3) is 9.96. The second kappa shape index (κ2) is 11.7. The third-order valence-corrected chi connectivity index (χ3v) is 4.13. The first-order valence-electron chi connectivity index (χ1n) is 8.87. The zero-order valence-corrected chi connectivity index (χ0v) is 13.9. The molecule has 128 valence electrons. The van der Waals surface area contributed by atoms with E-state index in [1.54, 1.807) is 0 Å². The molecule has 1 fully saturated rings. The van der Waals surface area contributed by atoms with E-state index in [4.69, 9.17) is 9.84 Å². The summed E-state index contributed by atoms with van der Waals surface area (Å²) in [6.07, 6.45) is 14.9. The van der Waals surface area contributed by atoms with Gasteiger partial charge in [-0.05, 0) is 19.3 Å². The van der Waals surface area contributed by atoms with Gasteiger partial charge in [-0.2, -0.15) is 0 Å². The molecule has 0 aromatic rings. The standard InChI is InChI=1S/C18H32O4/c1-2-3-7-10-15(19)13-14-17-16(22-17)11-8-5-4-6-9-12-18(20)21/h13-17,19H,2-12H2,1H3,(H,20,21)/b14-13+. The van der Waals surface area contributed by atoms with Gasteiger partial charge in [0.2, 0.25) is 0 Å². The molecule has 0 aromatic carbocycles. The predicted octanol–water partition coefficient (Wildman–Crippen LogP) is 4.07. The van der Waals surface area contributed by atoms with Crippen LogP contribution in [-0.4, -0.2) is 34.5 Å². The molecule has 2 N–H and O–H groups in total. The summed E-state index contributed by atoms with van der Waals surface area (Å²) in [6.45, 7) is 2.16. The molecule has 0 amide bonds. The molecule has 1 rings (SSSR count). The Morgan fingerprint density at radius 2 is 1.86 bits per heavy atom. The molecule has 1 heterocycles. The van der Waals surface area contributed by atoms with Crippen molar-refractivity contribution in [2.75, 3.05) is 0 Å². The fourth-order valence-electron chi connectivity index (χ4n) is 2.65. The van der Waals surface area contributed by atoms with Gasteiger partial charge >= 0.3 is 5.97 Å². The summed E-state index contributed by atoms with van der Waals surface area (Å²) in [7, 11) is 0. The van der Waals surface area contributed by atoms with E-state index in [9.17, 15) is 9.90 Å². The van der Waals surface area contributed by atoms with Crippen LogP contribution in [0.25, 0.3) is 0 Å². The fraction of sp³-hybridized carbons (Fsp3) is 0.833. The zero-order valence-electron chi connectivity index (χ0n) is 13.9. The van der Waals surface area contributed by atoms with Gasteiger partial charge in [-0.1, -0.05) is 64.0 Å². The Bertz CT molecular complexity index is 327. The van der Waals surface area contributed by atoms with Gasteiger partial charge < -0.3 is 14.9 Å². The normalized spacial score (nSPS) is 22.1. The molecule has 4 heteroatoms. The van der Waals surface area contributed by atoms with E-state index in [0.29, 0.717) is 12.5 Å². The third-order valence-electron chi connectivity index (χ3n) is 4.13. The van der Waals surface area contributed by atoms with Crippen LogP contribution in [-0.2, 0) is 9.53 Å². The van der Waals surface area contributed by atoms with E-state index in [1.807, 2.05) is 12.2 Å². The highest BCUT2D eigenvalue weighted by Gasteiger charge is 2.35. The summed E-state index contributed by atoms with van der Waals surface area (Å²) in [5, 5.41) is 18.3. The van der Waals surface area contributed by atoms with Crippen LogP contribution in [0, 0.1) is 0 Å². The Morgan fingerprint density at radius 1 is 1.14 bits per heavy atom. The van der Waals surface area contributed by atoms with Crippen LogP contribution < -0.4 is 0 Å². The fourth-order valence-corrected chi connectivity index (χ4v) is 2.65. The minimum absolute atomic E-state index is 0.202. The Kier molecular flexibility index (Phi) is 10.2. The largest absolute Gasteiger partial charge is 0.481 e. The first-order chi connectivity index (χ1) is 10.6. The molecule has 1 aliphatic heterocycles. The second-order valence-electron chi connectivity index (χ2n) is 6.29. The van der Waals surface area contributed by atoms with Gasteiger partial charge in [0.25, 0.3) is 0 Å². The van der Waals surface area contributed by atoms with Gasteiger partial charge in [0.1, 0.15) is 6.10 Å². The lowest BCUT2D eigenvalue weighted by Crippen LogP contribution is -2.02. The van der Waals surface area contributed by atoms with E-state index >= 15 is 0 Å². The van der Waals surface area contributed by atoms with E-state index in [-0.39, 0.29) is 12.2 Å². The summed E-state index contributed by atoms with van der Waals surface area (Å²) in [4.78, 5) is 10.4. The first kappa shape index (κ1) is 19.2. The quantitative estimate of drug-likeness (QED) is 0.288.